The first kappa shape index (κ1) is 18.2. The standard InChI is InChI=1S/C22H21N5/c1-15-8-7-9-16(2)19(15)12-17(13-23)21-20(14-25-3)22(24)27(26-21)18-10-5-4-6-11-18/h4-12H,3,14,24H2,1-2H3/b17-12+. The summed E-state index contributed by atoms with van der Waals surface area (Å²) in [5.74, 6) is 0.464. The molecule has 5 nitrogen and oxygen atoms in total. The average Bonchev–Trinajstić information content (AvgIpc) is 2.99. The van der Waals surface area contributed by atoms with E-state index in [1.807, 2.05) is 68.5 Å². The Balaban J connectivity index is 2.21. The highest BCUT2D eigenvalue weighted by Gasteiger charge is 2.20. The van der Waals surface area contributed by atoms with Crippen molar-refractivity contribution in [3.63, 3.8) is 0 Å². The zero-order valence-corrected chi connectivity index (χ0v) is 15.5. The summed E-state index contributed by atoms with van der Waals surface area (Å²) in [7, 11) is 0. The molecular weight excluding hydrogens is 334 g/mol. The van der Waals surface area contributed by atoms with Crippen molar-refractivity contribution in [2.45, 2.75) is 20.4 Å². The lowest BCUT2D eigenvalue weighted by Crippen LogP contribution is -2.02. The van der Waals surface area contributed by atoms with E-state index in [0.717, 1.165) is 22.4 Å². The van der Waals surface area contributed by atoms with Crippen LogP contribution >= 0.6 is 0 Å². The van der Waals surface area contributed by atoms with Crippen LogP contribution in [0.2, 0.25) is 0 Å². The Hall–Kier alpha value is -3.65. The molecule has 0 saturated carbocycles. The second-order valence-corrected chi connectivity index (χ2v) is 6.32. The highest BCUT2D eigenvalue weighted by Crippen LogP contribution is 2.29. The van der Waals surface area contributed by atoms with Crippen molar-refractivity contribution in [2.75, 3.05) is 5.73 Å². The van der Waals surface area contributed by atoms with Crippen molar-refractivity contribution in [2.24, 2.45) is 4.99 Å². The van der Waals surface area contributed by atoms with Crippen molar-refractivity contribution in [1.29, 1.82) is 5.26 Å². The average molecular weight is 355 g/mol. The Morgan fingerprint density at radius 3 is 2.44 bits per heavy atom. The van der Waals surface area contributed by atoms with Gasteiger partial charge in [0.2, 0.25) is 0 Å². The SMILES string of the molecule is C=NCc1c(/C(C#N)=C/c2c(C)cccc2C)nn(-c2ccccc2)c1N. The quantitative estimate of drug-likeness (QED) is 0.546. The summed E-state index contributed by atoms with van der Waals surface area (Å²) < 4.78 is 1.64. The summed E-state index contributed by atoms with van der Waals surface area (Å²) in [4.78, 5) is 3.97. The van der Waals surface area contributed by atoms with Crippen LogP contribution in [-0.2, 0) is 6.54 Å². The zero-order chi connectivity index (χ0) is 19.4. The first-order valence-corrected chi connectivity index (χ1v) is 8.60. The van der Waals surface area contributed by atoms with Crippen LogP contribution in [0.15, 0.2) is 53.5 Å². The minimum absolute atomic E-state index is 0.291. The molecule has 0 aliphatic heterocycles. The highest BCUT2D eigenvalue weighted by molar-refractivity contribution is 5.91. The Morgan fingerprint density at radius 1 is 1.19 bits per heavy atom. The van der Waals surface area contributed by atoms with Crippen LogP contribution < -0.4 is 5.73 Å². The minimum Gasteiger partial charge on any atom is -0.383 e. The number of nitrogen functional groups attached to an aromatic ring is 1. The molecule has 0 spiro atoms. The van der Waals surface area contributed by atoms with Crippen molar-refractivity contribution in [1.82, 2.24) is 9.78 Å². The van der Waals surface area contributed by atoms with Crippen molar-refractivity contribution in [3.05, 3.63) is 76.5 Å². The van der Waals surface area contributed by atoms with Gasteiger partial charge in [0.25, 0.3) is 0 Å². The molecule has 0 amide bonds. The van der Waals surface area contributed by atoms with Gasteiger partial charge in [-0.05, 0) is 55.5 Å². The molecule has 2 aromatic carbocycles. The van der Waals surface area contributed by atoms with Crippen LogP contribution in [0.5, 0.6) is 0 Å². The van der Waals surface area contributed by atoms with Gasteiger partial charge >= 0.3 is 0 Å². The van der Waals surface area contributed by atoms with Gasteiger partial charge in [-0.1, -0.05) is 36.4 Å². The highest BCUT2D eigenvalue weighted by atomic mass is 15.3. The van der Waals surface area contributed by atoms with Gasteiger partial charge in [0, 0.05) is 5.56 Å². The predicted octanol–water partition coefficient (Wildman–Crippen LogP) is 4.34. The number of allylic oxidation sites excluding steroid dienone is 1. The van der Waals surface area contributed by atoms with Gasteiger partial charge < -0.3 is 5.73 Å². The monoisotopic (exact) mass is 355 g/mol. The molecule has 5 heteroatoms. The lowest BCUT2D eigenvalue weighted by atomic mass is 9.98. The van der Waals surface area contributed by atoms with E-state index in [1.165, 1.54) is 0 Å². The summed E-state index contributed by atoms with van der Waals surface area (Å²) in [6, 6.07) is 17.9. The van der Waals surface area contributed by atoms with E-state index in [4.69, 9.17) is 5.73 Å². The number of nitrogens with two attached hydrogens (primary N) is 1. The number of anilines is 1. The smallest absolute Gasteiger partial charge is 0.132 e. The molecule has 1 heterocycles. The Bertz CT molecular complexity index is 1030. The fourth-order valence-corrected chi connectivity index (χ4v) is 3.07. The molecule has 0 atom stereocenters. The number of hydrogen-bond acceptors (Lipinski definition) is 4. The van der Waals surface area contributed by atoms with Crippen LogP contribution in [0.1, 0.15) is 27.9 Å². The van der Waals surface area contributed by atoms with Gasteiger partial charge in [0.15, 0.2) is 0 Å². The maximum absolute atomic E-state index is 9.83. The van der Waals surface area contributed by atoms with Gasteiger partial charge in [-0.25, -0.2) is 4.68 Å². The number of aliphatic imine (C=N–C) groups is 1. The molecule has 1 aromatic heterocycles. The van der Waals surface area contributed by atoms with Gasteiger partial charge in [0.05, 0.1) is 17.8 Å². The molecule has 134 valence electrons. The molecule has 0 unspecified atom stereocenters. The molecular formula is C22H21N5. The van der Waals surface area contributed by atoms with Gasteiger partial charge in [0.1, 0.15) is 17.6 Å². The lowest BCUT2D eigenvalue weighted by molar-refractivity contribution is 0.885. The Morgan fingerprint density at radius 2 is 1.85 bits per heavy atom. The number of para-hydroxylation sites is 1. The molecule has 27 heavy (non-hydrogen) atoms. The Labute approximate surface area is 159 Å². The van der Waals surface area contributed by atoms with Crippen LogP contribution in [0.3, 0.4) is 0 Å². The van der Waals surface area contributed by atoms with E-state index in [0.29, 0.717) is 29.2 Å². The number of hydrogen-bond donors (Lipinski definition) is 1. The van der Waals surface area contributed by atoms with Crippen LogP contribution in [0.25, 0.3) is 17.3 Å². The van der Waals surface area contributed by atoms with Gasteiger partial charge in [-0.2, -0.15) is 10.4 Å². The maximum Gasteiger partial charge on any atom is 0.132 e. The molecule has 0 aliphatic rings. The molecule has 2 N–H and O–H groups in total. The molecule has 0 aliphatic carbocycles. The third kappa shape index (κ3) is 3.51. The van der Waals surface area contributed by atoms with Crippen molar-refractivity contribution >= 4 is 24.2 Å². The fraction of sp³-hybridized carbons (Fsp3) is 0.136. The summed E-state index contributed by atoms with van der Waals surface area (Å²) >= 11 is 0. The van der Waals surface area contributed by atoms with Gasteiger partial charge in [-0.15, -0.1) is 0 Å². The predicted molar refractivity (Wildman–Crippen MR) is 111 cm³/mol. The largest absolute Gasteiger partial charge is 0.383 e. The summed E-state index contributed by atoms with van der Waals surface area (Å²) in [6.45, 7) is 7.91. The van der Waals surface area contributed by atoms with E-state index in [1.54, 1.807) is 4.68 Å². The third-order valence-electron chi connectivity index (χ3n) is 4.50. The minimum atomic E-state index is 0.291. The normalized spacial score (nSPS) is 11.2. The summed E-state index contributed by atoms with van der Waals surface area (Å²) in [5, 5.41) is 14.5. The number of aryl methyl sites for hydroxylation is 2. The van der Waals surface area contributed by atoms with E-state index < -0.39 is 0 Å². The van der Waals surface area contributed by atoms with Crippen molar-refractivity contribution in [3.8, 4) is 11.8 Å². The molecule has 0 bridgehead atoms. The maximum atomic E-state index is 9.83. The second-order valence-electron chi connectivity index (χ2n) is 6.32. The summed E-state index contributed by atoms with van der Waals surface area (Å²) in [6.07, 6.45) is 1.87. The topological polar surface area (TPSA) is 80.0 Å². The molecule has 0 saturated heterocycles. The van der Waals surface area contributed by atoms with E-state index in [2.05, 4.69) is 22.9 Å². The molecule has 3 rings (SSSR count). The third-order valence-corrected chi connectivity index (χ3v) is 4.50. The number of benzene rings is 2. The first-order chi connectivity index (χ1) is 13.1. The van der Waals surface area contributed by atoms with Crippen LogP contribution in [0, 0.1) is 25.2 Å². The van der Waals surface area contributed by atoms with E-state index in [9.17, 15) is 5.26 Å². The second kappa shape index (κ2) is 7.71. The number of aromatic nitrogens is 2. The van der Waals surface area contributed by atoms with Crippen molar-refractivity contribution < 1.29 is 0 Å². The first-order valence-electron chi connectivity index (χ1n) is 8.60. The number of nitriles is 1. The van der Waals surface area contributed by atoms with Crippen LogP contribution in [-0.4, -0.2) is 16.5 Å². The van der Waals surface area contributed by atoms with E-state index >= 15 is 0 Å². The number of rotatable bonds is 5. The lowest BCUT2D eigenvalue weighted by Gasteiger charge is -2.06. The molecule has 3 aromatic rings. The van der Waals surface area contributed by atoms with Crippen LogP contribution in [0.4, 0.5) is 5.82 Å². The number of nitrogens with zero attached hydrogens (tertiary/aromatic N) is 4. The van der Waals surface area contributed by atoms with Gasteiger partial charge in [-0.3, -0.25) is 4.99 Å². The molecule has 0 radical (unpaired) electrons. The zero-order valence-electron chi connectivity index (χ0n) is 15.5. The Kier molecular flexibility index (Phi) is 5.18. The summed E-state index contributed by atoms with van der Waals surface area (Å²) in [5.41, 5.74) is 12.1. The molecule has 0 fully saturated rings. The fourth-order valence-electron chi connectivity index (χ4n) is 3.07. The van der Waals surface area contributed by atoms with E-state index in [-0.39, 0.29) is 0 Å².